The van der Waals surface area contributed by atoms with Gasteiger partial charge >= 0.3 is 5.97 Å². The van der Waals surface area contributed by atoms with Crippen LogP contribution in [0.3, 0.4) is 0 Å². The predicted octanol–water partition coefficient (Wildman–Crippen LogP) is 10.8. The summed E-state index contributed by atoms with van der Waals surface area (Å²) in [4.78, 5) is 37.9. The molecule has 6 aromatic rings. The molecule has 3 aromatic carbocycles. The molecule has 0 spiro atoms. The molecule has 4 bridgehead atoms. The van der Waals surface area contributed by atoms with E-state index in [2.05, 4.69) is 31.8 Å². The van der Waals surface area contributed by atoms with Gasteiger partial charge in [-0.3, -0.25) is 4.90 Å². The SMILES string of the molecule is Cc1c(Cl)c2c(Cl)c(C)c1-c1c(C3CCCCC3)sc3ncnc(c13)O[C@@H](C(=O)O)Cc1cc(ccc1OCc1ccnc(-c3ccccc3C(F)F)n1)OC[C@@H](CN1CCN(C)CC1)O2. The van der Waals surface area contributed by atoms with E-state index in [9.17, 15) is 18.7 Å². The monoisotopic (exact) mass is 958 g/mol. The van der Waals surface area contributed by atoms with Crippen molar-refractivity contribution in [1.82, 2.24) is 29.7 Å². The van der Waals surface area contributed by atoms with E-state index in [0.29, 0.717) is 55.3 Å². The number of carboxylic acids is 1. The van der Waals surface area contributed by atoms with Gasteiger partial charge in [-0.25, -0.2) is 33.5 Å². The van der Waals surface area contributed by atoms with E-state index < -0.39 is 24.6 Å². The summed E-state index contributed by atoms with van der Waals surface area (Å²) in [6.45, 7) is 7.98. The Morgan fingerprint density at radius 2 is 1.71 bits per heavy atom. The van der Waals surface area contributed by atoms with Crippen LogP contribution in [0, 0.1) is 13.8 Å². The Balaban J connectivity index is 1.14. The van der Waals surface area contributed by atoms with Crippen LogP contribution >= 0.6 is 34.5 Å². The highest BCUT2D eigenvalue weighted by molar-refractivity contribution is 7.19. The average Bonchev–Trinajstić information content (AvgIpc) is 3.71. The number of carboxylic acid groups (broad SMARTS) is 1. The highest BCUT2D eigenvalue weighted by Gasteiger charge is 2.34. The second-order valence-corrected chi connectivity index (χ2v) is 19.0. The number of aliphatic carboxylic acids is 1. The van der Waals surface area contributed by atoms with Gasteiger partial charge in [0.05, 0.1) is 21.1 Å². The van der Waals surface area contributed by atoms with Crippen molar-refractivity contribution in [3.05, 3.63) is 104 Å². The molecule has 0 unspecified atom stereocenters. The van der Waals surface area contributed by atoms with E-state index in [1.165, 1.54) is 18.6 Å². The normalized spacial score (nSPS) is 18.7. The molecular weight excluding hydrogens is 910 g/mol. The van der Waals surface area contributed by atoms with Crippen molar-refractivity contribution in [3.63, 3.8) is 0 Å². The number of likely N-dealkylation sites (N-methyl/N-ethyl adjacent to an activating group) is 1. The lowest BCUT2D eigenvalue weighted by atomic mass is 9.83. The van der Waals surface area contributed by atoms with Gasteiger partial charge in [0.2, 0.25) is 12.0 Å². The molecule has 1 saturated heterocycles. The van der Waals surface area contributed by atoms with Crippen molar-refractivity contribution in [2.45, 2.75) is 83.5 Å². The number of carbonyl (C=O) groups is 1. The second kappa shape index (κ2) is 20.0. The highest BCUT2D eigenvalue weighted by Crippen LogP contribution is 2.53. The molecule has 2 fully saturated rings. The van der Waals surface area contributed by atoms with Gasteiger partial charge in [-0.2, -0.15) is 0 Å². The number of hydrogen-bond acceptors (Lipinski definition) is 12. The summed E-state index contributed by atoms with van der Waals surface area (Å²) in [7, 11) is 2.11. The van der Waals surface area contributed by atoms with Crippen LogP contribution in [0.15, 0.2) is 61.1 Å². The van der Waals surface area contributed by atoms with E-state index in [4.69, 9.17) is 47.1 Å². The summed E-state index contributed by atoms with van der Waals surface area (Å²) < 4.78 is 54.1. The number of benzene rings is 3. The summed E-state index contributed by atoms with van der Waals surface area (Å²) in [5, 5.41) is 12.2. The maximum absolute atomic E-state index is 13.9. The van der Waals surface area contributed by atoms with Gasteiger partial charge in [-0.1, -0.05) is 66.7 Å². The van der Waals surface area contributed by atoms with Crippen molar-refractivity contribution in [3.8, 4) is 45.6 Å². The lowest BCUT2D eigenvalue weighted by Gasteiger charge is -2.35. The fourth-order valence-corrected chi connectivity index (χ4v) is 11.1. The van der Waals surface area contributed by atoms with Crippen LogP contribution in [0.25, 0.3) is 32.7 Å². The van der Waals surface area contributed by atoms with Crippen molar-refractivity contribution in [2.24, 2.45) is 0 Å². The zero-order valence-corrected chi connectivity index (χ0v) is 39.2. The van der Waals surface area contributed by atoms with Gasteiger partial charge in [0.1, 0.15) is 42.0 Å². The number of fused-ring (bicyclic) bond motifs is 7. The minimum absolute atomic E-state index is 0.0781. The van der Waals surface area contributed by atoms with Gasteiger partial charge in [-0.05, 0) is 80.6 Å². The smallest absolute Gasteiger partial charge is 0.345 e. The first-order valence-corrected chi connectivity index (χ1v) is 23.8. The molecule has 66 heavy (non-hydrogen) atoms. The molecule has 0 amide bonds. The number of alkyl halides is 2. The Hall–Kier alpha value is -5.19. The molecule has 6 heterocycles. The van der Waals surface area contributed by atoms with Crippen molar-refractivity contribution >= 4 is 50.7 Å². The number of hydrogen-bond donors (Lipinski definition) is 1. The first-order valence-electron chi connectivity index (χ1n) is 22.2. The van der Waals surface area contributed by atoms with Crippen LogP contribution in [-0.2, 0) is 17.8 Å². The highest BCUT2D eigenvalue weighted by atomic mass is 35.5. The van der Waals surface area contributed by atoms with Crippen LogP contribution in [0.1, 0.15) is 77.3 Å². The second-order valence-electron chi connectivity index (χ2n) is 17.2. The van der Waals surface area contributed by atoms with Crippen LogP contribution in [-0.4, -0.2) is 99.4 Å². The Bertz CT molecular complexity index is 2720. The molecule has 1 saturated carbocycles. The average molecular weight is 960 g/mol. The van der Waals surface area contributed by atoms with Gasteiger partial charge in [0.15, 0.2) is 11.6 Å². The first-order chi connectivity index (χ1) is 31.9. The maximum atomic E-state index is 13.9. The maximum Gasteiger partial charge on any atom is 0.345 e. The third-order valence-electron chi connectivity index (χ3n) is 12.8. The fraction of sp³-hybridized carbons (Fsp3) is 0.408. The van der Waals surface area contributed by atoms with Crippen LogP contribution < -0.4 is 18.9 Å². The topological polar surface area (TPSA) is 132 Å². The summed E-state index contributed by atoms with van der Waals surface area (Å²) in [6.07, 6.45) is 3.40. The number of ether oxygens (including phenoxy) is 4. The summed E-state index contributed by atoms with van der Waals surface area (Å²) >= 11 is 16.3. The Labute approximate surface area is 395 Å². The largest absolute Gasteiger partial charge is 0.490 e. The molecule has 0 radical (unpaired) electrons. The van der Waals surface area contributed by atoms with E-state index in [-0.39, 0.29) is 48.4 Å². The predicted molar refractivity (Wildman–Crippen MR) is 251 cm³/mol. The molecule has 1 aliphatic carbocycles. The van der Waals surface area contributed by atoms with Crippen LogP contribution in [0.2, 0.25) is 10.0 Å². The molecule has 17 heteroatoms. The lowest BCUT2D eigenvalue weighted by molar-refractivity contribution is -0.145. The Morgan fingerprint density at radius 3 is 2.45 bits per heavy atom. The number of aromatic nitrogens is 4. The number of thiophene rings is 1. The third kappa shape index (κ3) is 9.64. The van der Waals surface area contributed by atoms with E-state index in [1.54, 1.807) is 53.8 Å². The molecule has 12 nitrogen and oxygen atoms in total. The van der Waals surface area contributed by atoms with Gasteiger partial charge in [0, 0.05) is 72.5 Å². The number of rotatable bonds is 9. The molecule has 3 aliphatic heterocycles. The lowest BCUT2D eigenvalue weighted by Crippen LogP contribution is -2.49. The molecule has 3 aromatic heterocycles. The van der Waals surface area contributed by atoms with E-state index >= 15 is 0 Å². The molecule has 10 rings (SSSR count). The summed E-state index contributed by atoms with van der Waals surface area (Å²) in [6, 6.07) is 12.9. The fourth-order valence-electron chi connectivity index (χ4n) is 9.24. The molecular formula is C49H50Cl2F2N6O6S. The molecule has 1 N–H and O–H groups in total. The molecule has 2 atom stereocenters. The molecule has 4 aliphatic rings. The van der Waals surface area contributed by atoms with Crippen molar-refractivity contribution < 1.29 is 37.6 Å². The minimum Gasteiger partial charge on any atom is -0.490 e. The number of nitrogens with zero attached hydrogens (tertiary/aromatic N) is 6. The zero-order valence-electron chi connectivity index (χ0n) is 36.9. The van der Waals surface area contributed by atoms with E-state index in [1.807, 2.05) is 13.8 Å². The van der Waals surface area contributed by atoms with Crippen molar-refractivity contribution in [1.29, 1.82) is 0 Å². The Kier molecular flexibility index (Phi) is 13.9. The standard InChI is InChI=1S/C49H50Cl2F2N6O6S/c1-27-38-28(2)42(51)43(41(27)50)64-33(23-59-19-17-58(3)18-20-59)25-62-32-13-14-36(63-24-31-15-16-54-46(57-31)35-12-8-7-11-34(35)45(52)53)30(21-32)22-37(49(60)61)65-47-40-39(38)44(29-9-5-4-6-10-29)66-48(40)56-26-55-47/h7-8,11-16,21,26,29,33,37,45H,4-6,9-10,17-20,22-25H2,1-3H3,(H,60,61)/t33-,37-/m1/s1. The van der Waals surface area contributed by atoms with Gasteiger partial charge in [-0.15, -0.1) is 11.3 Å². The number of halogens is 4. The van der Waals surface area contributed by atoms with Crippen LogP contribution in [0.4, 0.5) is 8.78 Å². The first kappa shape index (κ1) is 45.9. The minimum atomic E-state index is -2.72. The third-order valence-corrected chi connectivity index (χ3v) is 15.0. The molecule has 346 valence electrons. The van der Waals surface area contributed by atoms with Gasteiger partial charge < -0.3 is 29.0 Å². The van der Waals surface area contributed by atoms with Crippen LogP contribution in [0.5, 0.6) is 23.1 Å². The number of piperazine rings is 1. The van der Waals surface area contributed by atoms with Gasteiger partial charge in [0.25, 0.3) is 6.43 Å². The van der Waals surface area contributed by atoms with E-state index in [0.717, 1.165) is 85.4 Å². The Morgan fingerprint density at radius 1 is 0.955 bits per heavy atom. The summed E-state index contributed by atoms with van der Waals surface area (Å²) in [5.74, 6) is 0.420. The summed E-state index contributed by atoms with van der Waals surface area (Å²) in [5.41, 5.74) is 4.13. The van der Waals surface area contributed by atoms with Crippen molar-refractivity contribution in [2.75, 3.05) is 46.4 Å². The zero-order chi connectivity index (χ0) is 46.1. The quantitative estimate of drug-likeness (QED) is 0.148.